The zero-order chi connectivity index (χ0) is 21.1. The van der Waals surface area contributed by atoms with Gasteiger partial charge in [-0.05, 0) is 55.7 Å². The molecule has 0 bridgehead atoms. The minimum atomic E-state index is -0.647. The maximum absolute atomic E-state index is 13.0. The van der Waals surface area contributed by atoms with Crippen LogP contribution in [0.25, 0.3) is 0 Å². The predicted octanol–water partition coefficient (Wildman–Crippen LogP) is 3.33. The zero-order valence-electron chi connectivity index (χ0n) is 17.7. The van der Waals surface area contributed by atoms with Crippen LogP contribution in [0.4, 0.5) is 5.69 Å². The van der Waals surface area contributed by atoms with Crippen LogP contribution in [0, 0.1) is 19.8 Å². The van der Waals surface area contributed by atoms with Crippen LogP contribution in [0.2, 0.25) is 0 Å². The maximum Gasteiger partial charge on any atom is 0.239 e. The summed E-state index contributed by atoms with van der Waals surface area (Å²) in [6.07, 6.45) is 0.522. The largest absolute Gasteiger partial charge is 0.497 e. The Kier molecular flexibility index (Phi) is 6.11. The van der Waals surface area contributed by atoms with Gasteiger partial charge in [-0.15, -0.1) is 0 Å². The van der Waals surface area contributed by atoms with Crippen LogP contribution < -0.4 is 14.4 Å². The van der Waals surface area contributed by atoms with Crippen molar-refractivity contribution in [2.24, 2.45) is 5.92 Å². The monoisotopic (exact) mass is 396 g/mol. The van der Waals surface area contributed by atoms with Gasteiger partial charge in [0.05, 0.1) is 14.2 Å². The topological polar surface area (TPSA) is 59.1 Å². The Labute approximate surface area is 172 Å². The fraction of sp³-hybridized carbons (Fsp3) is 0.391. The number of carbonyl (C=O) groups is 2. The first kappa shape index (κ1) is 20.7. The van der Waals surface area contributed by atoms with Gasteiger partial charge in [0.15, 0.2) is 0 Å². The normalized spacial score (nSPS) is 16.1. The number of rotatable bonds is 6. The minimum absolute atomic E-state index is 0.133. The molecule has 1 atom stereocenters. The van der Waals surface area contributed by atoms with Crippen molar-refractivity contribution < 1.29 is 19.1 Å². The van der Waals surface area contributed by atoms with Crippen LogP contribution >= 0.6 is 0 Å². The van der Waals surface area contributed by atoms with Gasteiger partial charge in [-0.2, -0.15) is 0 Å². The minimum Gasteiger partial charge on any atom is -0.497 e. The molecule has 2 aromatic carbocycles. The lowest BCUT2D eigenvalue weighted by Crippen LogP contribution is -2.37. The lowest BCUT2D eigenvalue weighted by atomic mass is 10.1. The number of amides is 2. The highest BCUT2D eigenvalue weighted by Crippen LogP contribution is 2.29. The van der Waals surface area contributed by atoms with E-state index >= 15 is 0 Å². The second-order valence-electron chi connectivity index (χ2n) is 7.47. The Bertz CT molecular complexity index is 925. The number of hydrogen-bond donors (Lipinski definition) is 0. The third-order valence-electron chi connectivity index (χ3n) is 5.58. The summed E-state index contributed by atoms with van der Waals surface area (Å²) in [4.78, 5) is 29.3. The second kappa shape index (κ2) is 8.55. The molecule has 0 saturated carbocycles. The predicted molar refractivity (Wildman–Crippen MR) is 112 cm³/mol. The highest BCUT2D eigenvalue weighted by Gasteiger charge is 2.39. The quantitative estimate of drug-likeness (QED) is 0.703. The molecule has 0 radical (unpaired) electrons. The molecular formula is C23H28N2O4. The molecule has 0 spiro atoms. The van der Waals surface area contributed by atoms with Crippen LogP contribution in [0.5, 0.6) is 11.5 Å². The second-order valence-corrected chi connectivity index (χ2v) is 7.47. The highest BCUT2D eigenvalue weighted by atomic mass is 16.5. The number of benzene rings is 2. The molecule has 1 heterocycles. The Morgan fingerprint density at radius 3 is 2.52 bits per heavy atom. The van der Waals surface area contributed by atoms with Gasteiger partial charge >= 0.3 is 0 Å². The van der Waals surface area contributed by atoms with Gasteiger partial charge in [-0.3, -0.25) is 9.59 Å². The van der Waals surface area contributed by atoms with E-state index in [4.69, 9.17) is 9.47 Å². The van der Waals surface area contributed by atoms with E-state index in [1.807, 2.05) is 44.2 Å². The van der Waals surface area contributed by atoms with E-state index in [0.29, 0.717) is 31.0 Å². The van der Waals surface area contributed by atoms with Crippen LogP contribution in [0.3, 0.4) is 0 Å². The molecule has 0 aromatic heterocycles. The molecule has 2 amide bonds. The standard InChI is InChI=1S/C23H28N2O4/c1-15-6-8-18(12-16(15)2)25-11-10-20(23(25)27)22(26)24(3)14-17-7-9-19(28-4)13-21(17)29-5/h6-9,12-13,20H,10-11,14H2,1-5H3. The summed E-state index contributed by atoms with van der Waals surface area (Å²) in [7, 11) is 4.90. The lowest BCUT2D eigenvalue weighted by molar-refractivity contribution is -0.139. The summed E-state index contributed by atoms with van der Waals surface area (Å²) in [5.41, 5.74) is 4.03. The molecule has 2 aromatic rings. The van der Waals surface area contributed by atoms with Crippen molar-refractivity contribution in [2.45, 2.75) is 26.8 Å². The van der Waals surface area contributed by atoms with Crippen LogP contribution in [0.15, 0.2) is 36.4 Å². The van der Waals surface area contributed by atoms with Crippen molar-refractivity contribution in [1.82, 2.24) is 4.90 Å². The van der Waals surface area contributed by atoms with Gasteiger partial charge in [-0.25, -0.2) is 0 Å². The summed E-state index contributed by atoms with van der Waals surface area (Å²) >= 11 is 0. The molecule has 29 heavy (non-hydrogen) atoms. The van der Waals surface area contributed by atoms with Crippen molar-refractivity contribution >= 4 is 17.5 Å². The third kappa shape index (κ3) is 4.21. The van der Waals surface area contributed by atoms with Crippen LogP contribution in [-0.4, -0.2) is 44.5 Å². The Morgan fingerprint density at radius 1 is 1.10 bits per heavy atom. The molecule has 154 valence electrons. The highest BCUT2D eigenvalue weighted by molar-refractivity contribution is 6.09. The average molecular weight is 396 g/mol. The Hall–Kier alpha value is -3.02. The summed E-state index contributed by atoms with van der Waals surface area (Å²) < 4.78 is 10.6. The summed E-state index contributed by atoms with van der Waals surface area (Å²) in [6.45, 7) is 4.98. The number of ether oxygens (including phenoxy) is 2. The van der Waals surface area contributed by atoms with E-state index in [2.05, 4.69) is 0 Å². The van der Waals surface area contributed by atoms with Crippen LogP contribution in [-0.2, 0) is 16.1 Å². The van der Waals surface area contributed by atoms with E-state index in [-0.39, 0.29) is 11.8 Å². The van der Waals surface area contributed by atoms with E-state index in [0.717, 1.165) is 16.8 Å². The molecule has 1 aliphatic heterocycles. The molecule has 0 N–H and O–H groups in total. The summed E-state index contributed by atoms with van der Waals surface area (Å²) in [5.74, 6) is 0.393. The van der Waals surface area contributed by atoms with E-state index in [1.165, 1.54) is 5.56 Å². The van der Waals surface area contributed by atoms with Gasteiger partial charge in [0.25, 0.3) is 0 Å². The average Bonchev–Trinajstić information content (AvgIpc) is 3.10. The first-order valence-corrected chi connectivity index (χ1v) is 9.70. The van der Waals surface area contributed by atoms with Gasteiger partial charge in [-0.1, -0.05) is 6.07 Å². The molecule has 0 aliphatic carbocycles. The number of aryl methyl sites for hydroxylation is 2. The smallest absolute Gasteiger partial charge is 0.239 e. The van der Waals surface area contributed by atoms with Gasteiger partial charge in [0.2, 0.25) is 11.8 Å². The lowest BCUT2D eigenvalue weighted by Gasteiger charge is -2.22. The zero-order valence-corrected chi connectivity index (χ0v) is 17.7. The van der Waals surface area contributed by atoms with E-state index in [9.17, 15) is 9.59 Å². The van der Waals surface area contributed by atoms with Crippen molar-refractivity contribution in [3.63, 3.8) is 0 Å². The van der Waals surface area contributed by atoms with Crippen molar-refractivity contribution in [3.8, 4) is 11.5 Å². The first-order chi connectivity index (χ1) is 13.8. The van der Waals surface area contributed by atoms with Crippen molar-refractivity contribution in [2.75, 3.05) is 32.7 Å². The Morgan fingerprint density at radius 2 is 1.86 bits per heavy atom. The third-order valence-corrected chi connectivity index (χ3v) is 5.58. The molecule has 6 heteroatoms. The fourth-order valence-corrected chi connectivity index (χ4v) is 3.64. The van der Waals surface area contributed by atoms with Gasteiger partial charge in [0.1, 0.15) is 17.4 Å². The van der Waals surface area contributed by atoms with Crippen molar-refractivity contribution in [3.05, 3.63) is 53.1 Å². The molecule has 1 saturated heterocycles. The molecular weight excluding hydrogens is 368 g/mol. The number of hydrogen-bond acceptors (Lipinski definition) is 4. The molecule has 1 fully saturated rings. The molecule has 1 unspecified atom stereocenters. The first-order valence-electron chi connectivity index (χ1n) is 9.70. The van der Waals surface area contributed by atoms with Crippen LogP contribution in [0.1, 0.15) is 23.1 Å². The summed E-state index contributed by atoms with van der Waals surface area (Å²) in [5, 5.41) is 0. The van der Waals surface area contributed by atoms with E-state index in [1.54, 1.807) is 37.1 Å². The molecule has 1 aliphatic rings. The molecule has 6 nitrogen and oxygen atoms in total. The SMILES string of the molecule is COc1ccc(CN(C)C(=O)C2CCN(c3ccc(C)c(C)c3)C2=O)c(OC)c1. The number of nitrogens with zero attached hydrogens (tertiary/aromatic N) is 2. The van der Waals surface area contributed by atoms with Gasteiger partial charge < -0.3 is 19.3 Å². The molecule has 3 rings (SSSR count). The Balaban J connectivity index is 1.72. The number of carbonyl (C=O) groups excluding carboxylic acids is 2. The maximum atomic E-state index is 13.0. The number of methoxy groups -OCH3 is 2. The van der Waals surface area contributed by atoms with Crippen molar-refractivity contribution in [1.29, 1.82) is 0 Å². The van der Waals surface area contributed by atoms with Gasteiger partial charge in [0, 0.05) is 37.5 Å². The number of anilines is 1. The fourth-order valence-electron chi connectivity index (χ4n) is 3.64. The summed E-state index contributed by atoms with van der Waals surface area (Å²) in [6, 6.07) is 11.5. The van der Waals surface area contributed by atoms with E-state index < -0.39 is 5.92 Å².